The number of allylic oxidation sites excluding steroid dienone is 7. The summed E-state index contributed by atoms with van der Waals surface area (Å²) in [4.78, 5) is 4.18. The van der Waals surface area contributed by atoms with Crippen LogP contribution in [-0.2, 0) is 0 Å². The van der Waals surface area contributed by atoms with Gasteiger partial charge in [-0.15, -0.1) is 0 Å². The van der Waals surface area contributed by atoms with Gasteiger partial charge >= 0.3 is 0 Å². The van der Waals surface area contributed by atoms with Crippen molar-refractivity contribution in [1.82, 2.24) is 0 Å². The van der Waals surface area contributed by atoms with Gasteiger partial charge in [-0.2, -0.15) is 0 Å². The lowest BCUT2D eigenvalue weighted by Crippen LogP contribution is -1.91. The molecule has 1 heterocycles. The Bertz CT molecular complexity index is 351. The number of aliphatic imine (C=N–C) groups is 1. The summed E-state index contributed by atoms with van der Waals surface area (Å²) in [6, 6.07) is 0. The number of nitrogens with zero attached hydrogens (tertiary/aromatic N) is 1. The topological polar surface area (TPSA) is 12.4 Å². The number of hydrogen-bond acceptors (Lipinski definition) is 1. The molecule has 0 unspecified atom stereocenters. The van der Waals surface area contributed by atoms with Gasteiger partial charge in [0.2, 0.25) is 0 Å². The standard InChI is InChI=1S/C12H13N/c1-10-3-2-4-11-5-7-13-8-6-12(10)9-11/h2-4,6-8H,5,9H2,1H3/b8-6-,13-7-. The molecule has 0 fully saturated rings. The normalized spacial score (nSPS) is 25.8. The monoisotopic (exact) mass is 171 g/mol. The second-order valence-electron chi connectivity index (χ2n) is 3.42. The highest BCUT2D eigenvalue weighted by Gasteiger charge is 2.05. The van der Waals surface area contributed by atoms with Crippen LogP contribution in [0.15, 0.2) is 52.2 Å². The summed E-state index contributed by atoms with van der Waals surface area (Å²) in [7, 11) is 0. The Morgan fingerprint density at radius 1 is 1.31 bits per heavy atom. The van der Waals surface area contributed by atoms with Gasteiger partial charge in [0.1, 0.15) is 0 Å². The maximum atomic E-state index is 4.18. The van der Waals surface area contributed by atoms with Gasteiger partial charge in [0.25, 0.3) is 0 Å². The first-order valence-electron chi connectivity index (χ1n) is 4.60. The minimum absolute atomic E-state index is 0.978. The number of rotatable bonds is 0. The fourth-order valence-corrected chi connectivity index (χ4v) is 1.57. The third-order valence-electron chi connectivity index (χ3n) is 2.42. The average molecular weight is 171 g/mol. The summed E-state index contributed by atoms with van der Waals surface area (Å²) in [5.74, 6) is 0. The Labute approximate surface area is 78.9 Å². The van der Waals surface area contributed by atoms with Gasteiger partial charge in [-0.1, -0.05) is 23.8 Å². The Kier molecular flexibility index (Phi) is 2.26. The smallest absolute Gasteiger partial charge is 0.0266 e. The van der Waals surface area contributed by atoms with Gasteiger partial charge in [0.05, 0.1) is 0 Å². The van der Waals surface area contributed by atoms with Crippen molar-refractivity contribution in [3.05, 3.63) is 47.2 Å². The van der Waals surface area contributed by atoms with Crippen LogP contribution in [0.25, 0.3) is 0 Å². The molecule has 1 nitrogen and oxygen atoms in total. The van der Waals surface area contributed by atoms with E-state index < -0.39 is 0 Å². The van der Waals surface area contributed by atoms with Gasteiger partial charge in [0, 0.05) is 18.8 Å². The molecular formula is C12H13N. The lowest BCUT2D eigenvalue weighted by Gasteiger charge is -2.07. The summed E-state index contributed by atoms with van der Waals surface area (Å²) in [6.45, 7) is 2.15. The van der Waals surface area contributed by atoms with Crippen LogP contribution in [0.5, 0.6) is 0 Å². The van der Waals surface area contributed by atoms with Crippen LogP contribution in [-0.4, -0.2) is 6.21 Å². The summed E-state index contributed by atoms with van der Waals surface area (Å²) in [5.41, 5.74) is 4.17. The Hall–Kier alpha value is -1.37. The lowest BCUT2D eigenvalue weighted by atomic mass is 10.00. The van der Waals surface area contributed by atoms with Crippen molar-refractivity contribution in [2.24, 2.45) is 4.99 Å². The molecule has 1 heteroatoms. The zero-order chi connectivity index (χ0) is 9.10. The highest BCUT2D eigenvalue weighted by molar-refractivity contribution is 5.64. The molecule has 0 saturated heterocycles. The molecule has 0 aromatic rings. The molecule has 0 N–H and O–H groups in total. The van der Waals surface area contributed by atoms with E-state index in [0.717, 1.165) is 12.8 Å². The summed E-state index contributed by atoms with van der Waals surface area (Å²) in [5, 5.41) is 0. The molecular weight excluding hydrogens is 158 g/mol. The highest BCUT2D eigenvalue weighted by Crippen LogP contribution is 2.23. The Morgan fingerprint density at radius 3 is 3.15 bits per heavy atom. The van der Waals surface area contributed by atoms with Crippen LogP contribution >= 0.6 is 0 Å². The molecule has 1 aliphatic carbocycles. The second kappa shape index (κ2) is 3.56. The molecule has 2 rings (SSSR count). The third kappa shape index (κ3) is 1.86. The number of hydrogen-bond donors (Lipinski definition) is 0. The predicted molar refractivity (Wildman–Crippen MR) is 56.8 cm³/mol. The zero-order valence-electron chi connectivity index (χ0n) is 7.83. The molecule has 0 radical (unpaired) electrons. The van der Waals surface area contributed by atoms with Gasteiger partial charge in [-0.3, -0.25) is 4.99 Å². The average Bonchev–Trinajstić information content (AvgIpc) is 2.24. The Balaban J connectivity index is 2.44. The van der Waals surface area contributed by atoms with Crippen molar-refractivity contribution >= 4 is 6.21 Å². The van der Waals surface area contributed by atoms with Crippen LogP contribution in [0.3, 0.4) is 0 Å². The van der Waals surface area contributed by atoms with E-state index in [-0.39, 0.29) is 0 Å². The first-order chi connectivity index (χ1) is 6.36. The van der Waals surface area contributed by atoms with Crippen molar-refractivity contribution in [2.45, 2.75) is 19.8 Å². The minimum Gasteiger partial charge on any atom is -0.269 e. The molecule has 2 aliphatic rings. The molecule has 0 saturated carbocycles. The van der Waals surface area contributed by atoms with E-state index in [2.05, 4.69) is 36.2 Å². The number of fused-ring (bicyclic) bond motifs is 2. The van der Waals surface area contributed by atoms with E-state index in [1.807, 2.05) is 12.4 Å². The van der Waals surface area contributed by atoms with Crippen molar-refractivity contribution in [2.75, 3.05) is 0 Å². The van der Waals surface area contributed by atoms with Crippen LogP contribution in [0, 0.1) is 0 Å². The van der Waals surface area contributed by atoms with Crippen molar-refractivity contribution < 1.29 is 0 Å². The highest BCUT2D eigenvalue weighted by atomic mass is 14.7. The maximum absolute atomic E-state index is 4.18. The zero-order valence-corrected chi connectivity index (χ0v) is 7.83. The molecule has 0 aromatic carbocycles. The Morgan fingerprint density at radius 2 is 2.23 bits per heavy atom. The molecule has 66 valence electrons. The fraction of sp³-hybridized carbons (Fsp3) is 0.250. The molecule has 0 spiro atoms. The van der Waals surface area contributed by atoms with Crippen LogP contribution < -0.4 is 0 Å². The molecule has 0 atom stereocenters. The van der Waals surface area contributed by atoms with Gasteiger partial charge in [-0.25, -0.2) is 0 Å². The van der Waals surface area contributed by atoms with E-state index in [9.17, 15) is 0 Å². The predicted octanol–water partition coefficient (Wildman–Crippen LogP) is 3.18. The molecule has 0 aromatic heterocycles. The van der Waals surface area contributed by atoms with E-state index in [1.54, 1.807) is 0 Å². The van der Waals surface area contributed by atoms with Gasteiger partial charge < -0.3 is 0 Å². The van der Waals surface area contributed by atoms with Gasteiger partial charge in [-0.05, 0) is 30.6 Å². The summed E-state index contributed by atoms with van der Waals surface area (Å²) in [6.07, 6.45) is 14.5. The van der Waals surface area contributed by atoms with E-state index in [4.69, 9.17) is 0 Å². The molecule has 1 aliphatic heterocycles. The second-order valence-corrected chi connectivity index (χ2v) is 3.42. The SMILES string of the molecule is CC1=C2/C=C\N=C/CC(=CC=C1)C2. The largest absolute Gasteiger partial charge is 0.269 e. The van der Waals surface area contributed by atoms with E-state index in [0.29, 0.717) is 0 Å². The molecule has 2 bridgehead atoms. The van der Waals surface area contributed by atoms with E-state index >= 15 is 0 Å². The summed E-state index contributed by atoms with van der Waals surface area (Å²) < 4.78 is 0. The van der Waals surface area contributed by atoms with Crippen LogP contribution in [0.2, 0.25) is 0 Å². The van der Waals surface area contributed by atoms with Crippen LogP contribution in [0.1, 0.15) is 19.8 Å². The van der Waals surface area contributed by atoms with Crippen molar-refractivity contribution in [3.8, 4) is 0 Å². The lowest BCUT2D eigenvalue weighted by molar-refractivity contribution is 1.08. The van der Waals surface area contributed by atoms with Crippen molar-refractivity contribution in [1.29, 1.82) is 0 Å². The minimum atomic E-state index is 0.978. The first kappa shape index (κ1) is 8.24. The quantitative estimate of drug-likeness (QED) is 0.531. The third-order valence-corrected chi connectivity index (χ3v) is 2.42. The maximum Gasteiger partial charge on any atom is 0.0266 e. The van der Waals surface area contributed by atoms with Gasteiger partial charge in [0.15, 0.2) is 0 Å². The summed E-state index contributed by atoms with van der Waals surface area (Å²) >= 11 is 0. The first-order valence-corrected chi connectivity index (χ1v) is 4.60. The van der Waals surface area contributed by atoms with Crippen LogP contribution in [0.4, 0.5) is 0 Å². The van der Waals surface area contributed by atoms with Crippen molar-refractivity contribution in [3.63, 3.8) is 0 Å². The molecule has 0 amide bonds. The molecule has 13 heavy (non-hydrogen) atoms. The van der Waals surface area contributed by atoms with E-state index in [1.165, 1.54) is 16.7 Å². The fourth-order valence-electron chi connectivity index (χ4n) is 1.57.